The highest BCUT2D eigenvalue weighted by atomic mass is 16.7. The number of hydrogen-bond acceptors (Lipinski definition) is 5. The summed E-state index contributed by atoms with van der Waals surface area (Å²) < 4.78 is 15.5. The van der Waals surface area contributed by atoms with Gasteiger partial charge in [0, 0.05) is 12.1 Å². The molecule has 1 N–H and O–H groups in total. The molecule has 1 amide bonds. The number of benzene rings is 1. The maximum absolute atomic E-state index is 12.0. The van der Waals surface area contributed by atoms with Crippen molar-refractivity contribution in [2.45, 2.75) is 26.9 Å². The molecule has 21 heavy (non-hydrogen) atoms. The SMILES string of the molecule is CC(C)OC(=O)[C@H](C)CNC(=O)c1ccc2c(c1)OCO2. The van der Waals surface area contributed by atoms with Crippen LogP contribution in [0.1, 0.15) is 31.1 Å². The molecule has 0 bridgehead atoms. The molecule has 1 aromatic carbocycles. The largest absolute Gasteiger partial charge is 0.463 e. The summed E-state index contributed by atoms with van der Waals surface area (Å²) in [5.74, 6) is 0.189. The molecule has 0 saturated carbocycles. The normalized spacial score (nSPS) is 13.9. The van der Waals surface area contributed by atoms with Crippen molar-refractivity contribution in [3.05, 3.63) is 23.8 Å². The molecule has 0 aliphatic carbocycles. The summed E-state index contributed by atoms with van der Waals surface area (Å²) in [4.78, 5) is 23.7. The summed E-state index contributed by atoms with van der Waals surface area (Å²) in [6, 6.07) is 4.96. The maximum atomic E-state index is 12.0. The van der Waals surface area contributed by atoms with Gasteiger partial charge in [-0.2, -0.15) is 0 Å². The molecule has 1 atom stereocenters. The number of ether oxygens (including phenoxy) is 3. The van der Waals surface area contributed by atoms with Crippen LogP contribution in [0.2, 0.25) is 0 Å². The van der Waals surface area contributed by atoms with E-state index in [0.717, 1.165) is 0 Å². The van der Waals surface area contributed by atoms with Gasteiger partial charge in [0.05, 0.1) is 12.0 Å². The third-order valence-electron chi connectivity index (χ3n) is 2.96. The van der Waals surface area contributed by atoms with Gasteiger partial charge in [-0.15, -0.1) is 0 Å². The molecule has 0 saturated heterocycles. The maximum Gasteiger partial charge on any atom is 0.310 e. The van der Waals surface area contributed by atoms with Crippen molar-refractivity contribution in [1.29, 1.82) is 0 Å². The Bertz CT molecular complexity index is 541. The van der Waals surface area contributed by atoms with Gasteiger partial charge in [-0.05, 0) is 32.0 Å². The van der Waals surface area contributed by atoms with Crippen LogP contribution in [-0.2, 0) is 9.53 Å². The third-order valence-corrected chi connectivity index (χ3v) is 2.96. The summed E-state index contributed by atoms with van der Waals surface area (Å²) in [7, 11) is 0. The molecule has 1 aromatic rings. The van der Waals surface area contributed by atoms with Crippen molar-refractivity contribution in [2.75, 3.05) is 13.3 Å². The molecule has 6 heteroatoms. The molecule has 114 valence electrons. The zero-order chi connectivity index (χ0) is 15.4. The molecule has 0 fully saturated rings. The molecule has 1 aliphatic heterocycles. The van der Waals surface area contributed by atoms with Gasteiger partial charge in [0.15, 0.2) is 11.5 Å². The van der Waals surface area contributed by atoms with Gasteiger partial charge in [0.25, 0.3) is 5.91 Å². The van der Waals surface area contributed by atoms with E-state index in [1.54, 1.807) is 39.0 Å². The van der Waals surface area contributed by atoms with Crippen LogP contribution in [0, 0.1) is 5.92 Å². The smallest absolute Gasteiger partial charge is 0.310 e. The van der Waals surface area contributed by atoms with Gasteiger partial charge in [0.2, 0.25) is 6.79 Å². The van der Waals surface area contributed by atoms with E-state index < -0.39 is 5.92 Å². The van der Waals surface area contributed by atoms with Crippen molar-refractivity contribution >= 4 is 11.9 Å². The monoisotopic (exact) mass is 293 g/mol. The van der Waals surface area contributed by atoms with E-state index in [2.05, 4.69) is 5.32 Å². The molecule has 0 spiro atoms. The Balaban J connectivity index is 1.88. The number of fused-ring (bicyclic) bond motifs is 1. The summed E-state index contributed by atoms with van der Waals surface area (Å²) >= 11 is 0. The zero-order valence-electron chi connectivity index (χ0n) is 12.3. The van der Waals surface area contributed by atoms with Crippen LogP contribution >= 0.6 is 0 Å². The zero-order valence-corrected chi connectivity index (χ0v) is 12.3. The van der Waals surface area contributed by atoms with Crippen molar-refractivity contribution < 1.29 is 23.8 Å². The Morgan fingerprint density at radius 3 is 2.67 bits per heavy atom. The van der Waals surface area contributed by atoms with Crippen molar-refractivity contribution in [3.8, 4) is 11.5 Å². The fourth-order valence-corrected chi connectivity index (χ4v) is 1.82. The van der Waals surface area contributed by atoms with E-state index in [1.165, 1.54) is 0 Å². The highest BCUT2D eigenvalue weighted by molar-refractivity contribution is 5.95. The minimum atomic E-state index is -0.398. The van der Waals surface area contributed by atoms with Gasteiger partial charge in [-0.25, -0.2) is 0 Å². The van der Waals surface area contributed by atoms with Crippen molar-refractivity contribution in [3.63, 3.8) is 0 Å². The number of amides is 1. The van der Waals surface area contributed by atoms with E-state index >= 15 is 0 Å². The van der Waals surface area contributed by atoms with Crippen LogP contribution in [0.3, 0.4) is 0 Å². The first-order valence-electron chi connectivity index (χ1n) is 6.85. The summed E-state index contributed by atoms with van der Waals surface area (Å²) in [6.07, 6.45) is -0.162. The lowest BCUT2D eigenvalue weighted by Gasteiger charge is -2.14. The summed E-state index contributed by atoms with van der Waals surface area (Å²) in [6.45, 7) is 5.67. The number of rotatable bonds is 5. The molecule has 1 aliphatic rings. The Morgan fingerprint density at radius 2 is 1.95 bits per heavy atom. The average molecular weight is 293 g/mol. The van der Waals surface area contributed by atoms with Crippen LogP contribution in [0.15, 0.2) is 18.2 Å². The second kappa shape index (κ2) is 6.47. The Kier molecular flexibility index (Phi) is 4.67. The van der Waals surface area contributed by atoms with Crippen LogP contribution in [0.4, 0.5) is 0 Å². The van der Waals surface area contributed by atoms with Crippen LogP contribution in [-0.4, -0.2) is 31.3 Å². The van der Waals surface area contributed by atoms with E-state index in [1.807, 2.05) is 0 Å². The Labute approximate surface area is 123 Å². The molecule has 0 radical (unpaired) electrons. The molecular formula is C15H19NO5. The number of hydrogen-bond donors (Lipinski definition) is 1. The predicted molar refractivity (Wildman–Crippen MR) is 75.3 cm³/mol. The first-order valence-corrected chi connectivity index (χ1v) is 6.85. The van der Waals surface area contributed by atoms with Gasteiger partial charge in [-0.1, -0.05) is 6.92 Å². The minimum Gasteiger partial charge on any atom is -0.463 e. The first-order chi connectivity index (χ1) is 9.97. The van der Waals surface area contributed by atoms with Crippen LogP contribution < -0.4 is 14.8 Å². The molecule has 0 aromatic heterocycles. The van der Waals surface area contributed by atoms with Gasteiger partial charge in [0.1, 0.15) is 0 Å². The first kappa shape index (κ1) is 15.2. The lowest BCUT2D eigenvalue weighted by molar-refractivity contribution is -0.151. The van der Waals surface area contributed by atoms with Gasteiger partial charge < -0.3 is 19.5 Å². The number of carbonyl (C=O) groups excluding carboxylic acids is 2. The van der Waals surface area contributed by atoms with Crippen LogP contribution in [0.25, 0.3) is 0 Å². The molecule has 1 heterocycles. The topological polar surface area (TPSA) is 73.9 Å². The molecular weight excluding hydrogens is 274 g/mol. The average Bonchev–Trinajstić information content (AvgIpc) is 2.90. The second-order valence-electron chi connectivity index (χ2n) is 5.16. The van der Waals surface area contributed by atoms with Gasteiger partial charge >= 0.3 is 5.97 Å². The third kappa shape index (κ3) is 3.87. The van der Waals surface area contributed by atoms with Crippen LogP contribution in [0.5, 0.6) is 11.5 Å². The van der Waals surface area contributed by atoms with Crippen molar-refractivity contribution in [2.24, 2.45) is 5.92 Å². The van der Waals surface area contributed by atoms with E-state index in [9.17, 15) is 9.59 Å². The predicted octanol–water partition coefficient (Wildman–Crippen LogP) is 1.73. The van der Waals surface area contributed by atoms with Gasteiger partial charge in [-0.3, -0.25) is 9.59 Å². The summed E-state index contributed by atoms with van der Waals surface area (Å²) in [5.41, 5.74) is 0.462. The highest BCUT2D eigenvalue weighted by Gasteiger charge is 2.19. The standard InChI is InChI=1S/C15H19NO5/c1-9(2)21-15(18)10(3)7-16-14(17)11-4-5-12-13(6-11)20-8-19-12/h4-6,9-10H,7-8H2,1-3H3,(H,16,17)/t10-/m1/s1. The Hall–Kier alpha value is -2.24. The molecule has 0 unspecified atom stereocenters. The Morgan fingerprint density at radius 1 is 1.24 bits per heavy atom. The number of carbonyl (C=O) groups is 2. The highest BCUT2D eigenvalue weighted by Crippen LogP contribution is 2.32. The van der Waals surface area contributed by atoms with E-state index in [4.69, 9.17) is 14.2 Å². The lowest BCUT2D eigenvalue weighted by Crippen LogP contribution is -2.33. The minimum absolute atomic E-state index is 0.162. The van der Waals surface area contributed by atoms with E-state index in [0.29, 0.717) is 17.1 Å². The summed E-state index contributed by atoms with van der Waals surface area (Å²) in [5, 5.41) is 2.71. The second-order valence-corrected chi connectivity index (χ2v) is 5.16. The molecule has 2 rings (SSSR count). The molecule has 6 nitrogen and oxygen atoms in total. The van der Waals surface area contributed by atoms with Crippen molar-refractivity contribution in [1.82, 2.24) is 5.32 Å². The lowest BCUT2D eigenvalue weighted by atomic mass is 10.1. The fourth-order valence-electron chi connectivity index (χ4n) is 1.82. The fraction of sp³-hybridized carbons (Fsp3) is 0.467. The van der Waals surface area contributed by atoms with E-state index in [-0.39, 0.29) is 31.3 Å². The number of esters is 1. The number of nitrogens with one attached hydrogen (secondary N) is 1. The quantitative estimate of drug-likeness (QED) is 0.837.